The quantitative estimate of drug-likeness (QED) is 0.792. The van der Waals surface area contributed by atoms with Gasteiger partial charge in [0.1, 0.15) is 5.82 Å². The van der Waals surface area contributed by atoms with Crippen LogP contribution in [-0.2, 0) is 16.0 Å². The van der Waals surface area contributed by atoms with Gasteiger partial charge in [-0.25, -0.2) is 4.98 Å². The SMILES string of the molecule is c1cc(N2CCCC2)ncc1CN1CCC(OC[C@H]2CCOC2)CC1. The first-order valence-electron chi connectivity index (χ1n) is 9.98. The van der Waals surface area contributed by atoms with Crippen LogP contribution in [0.4, 0.5) is 5.82 Å². The maximum Gasteiger partial charge on any atom is 0.128 e. The summed E-state index contributed by atoms with van der Waals surface area (Å²) in [6, 6.07) is 4.45. The molecule has 0 amide bonds. The molecule has 5 nitrogen and oxygen atoms in total. The Morgan fingerprint density at radius 3 is 2.60 bits per heavy atom. The Morgan fingerprint density at radius 2 is 1.92 bits per heavy atom. The monoisotopic (exact) mass is 345 g/mol. The third-order valence-electron chi connectivity index (χ3n) is 5.77. The Kier molecular flexibility index (Phi) is 5.85. The predicted molar refractivity (Wildman–Crippen MR) is 98.9 cm³/mol. The summed E-state index contributed by atoms with van der Waals surface area (Å²) in [5.74, 6) is 1.77. The first-order chi connectivity index (χ1) is 12.4. The van der Waals surface area contributed by atoms with Gasteiger partial charge in [-0.3, -0.25) is 4.90 Å². The maximum absolute atomic E-state index is 6.11. The average molecular weight is 345 g/mol. The van der Waals surface area contributed by atoms with Crippen LogP contribution < -0.4 is 4.90 Å². The van der Waals surface area contributed by atoms with Crippen molar-refractivity contribution in [3.05, 3.63) is 23.9 Å². The second-order valence-electron chi connectivity index (χ2n) is 7.76. The lowest BCUT2D eigenvalue weighted by molar-refractivity contribution is -0.0117. The van der Waals surface area contributed by atoms with Crippen molar-refractivity contribution in [3.8, 4) is 0 Å². The zero-order valence-corrected chi connectivity index (χ0v) is 15.2. The molecule has 4 rings (SSSR count). The topological polar surface area (TPSA) is 37.8 Å². The van der Waals surface area contributed by atoms with E-state index in [1.165, 1.54) is 24.8 Å². The smallest absolute Gasteiger partial charge is 0.128 e. The van der Waals surface area contributed by atoms with Crippen LogP contribution in [-0.4, -0.2) is 62.0 Å². The zero-order valence-electron chi connectivity index (χ0n) is 15.2. The summed E-state index contributed by atoms with van der Waals surface area (Å²) in [4.78, 5) is 9.60. The number of anilines is 1. The predicted octanol–water partition coefficient (Wildman–Crippen LogP) is 2.70. The van der Waals surface area contributed by atoms with Crippen molar-refractivity contribution in [3.63, 3.8) is 0 Å². The van der Waals surface area contributed by atoms with Crippen molar-refractivity contribution in [2.45, 2.75) is 44.8 Å². The van der Waals surface area contributed by atoms with Gasteiger partial charge in [-0.2, -0.15) is 0 Å². The molecular formula is C20H31N3O2. The van der Waals surface area contributed by atoms with Crippen LogP contribution in [0.25, 0.3) is 0 Å². The second kappa shape index (κ2) is 8.47. The largest absolute Gasteiger partial charge is 0.381 e. The van der Waals surface area contributed by atoms with Gasteiger partial charge in [-0.05, 0) is 43.7 Å². The number of ether oxygens (including phenoxy) is 2. The Balaban J connectivity index is 1.19. The van der Waals surface area contributed by atoms with E-state index in [2.05, 4.69) is 33.1 Å². The fraction of sp³-hybridized carbons (Fsp3) is 0.750. The lowest BCUT2D eigenvalue weighted by Crippen LogP contribution is -2.37. The van der Waals surface area contributed by atoms with E-state index in [1.807, 2.05) is 0 Å². The minimum Gasteiger partial charge on any atom is -0.381 e. The summed E-state index contributed by atoms with van der Waals surface area (Å²) in [5.41, 5.74) is 1.32. The van der Waals surface area contributed by atoms with Crippen LogP contribution in [0, 0.1) is 5.92 Å². The van der Waals surface area contributed by atoms with Gasteiger partial charge >= 0.3 is 0 Å². The molecule has 1 aromatic rings. The molecule has 3 aliphatic rings. The third-order valence-corrected chi connectivity index (χ3v) is 5.77. The summed E-state index contributed by atoms with van der Waals surface area (Å²) in [7, 11) is 0. The molecule has 1 atom stereocenters. The van der Waals surface area contributed by atoms with E-state index < -0.39 is 0 Å². The molecule has 0 radical (unpaired) electrons. The van der Waals surface area contributed by atoms with E-state index in [0.717, 1.165) is 71.2 Å². The van der Waals surface area contributed by atoms with Crippen LogP contribution in [0.1, 0.15) is 37.7 Å². The highest BCUT2D eigenvalue weighted by atomic mass is 16.5. The van der Waals surface area contributed by atoms with Crippen molar-refractivity contribution >= 4 is 5.82 Å². The minimum absolute atomic E-state index is 0.438. The normalized spacial score (nSPS) is 25.8. The molecule has 0 aromatic carbocycles. The average Bonchev–Trinajstić information content (AvgIpc) is 3.36. The van der Waals surface area contributed by atoms with Crippen molar-refractivity contribution in [1.29, 1.82) is 0 Å². The molecule has 0 aliphatic carbocycles. The number of pyridine rings is 1. The highest BCUT2D eigenvalue weighted by Crippen LogP contribution is 2.21. The number of hydrogen-bond donors (Lipinski definition) is 0. The molecular weight excluding hydrogens is 314 g/mol. The van der Waals surface area contributed by atoms with E-state index in [0.29, 0.717) is 12.0 Å². The molecule has 0 N–H and O–H groups in total. The summed E-state index contributed by atoms with van der Waals surface area (Å²) in [6.45, 7) is 8.26. The number of aromatic nitrogens is 1. The summed E-state index contributed by atoms with van der Waals surface area (Å²) < 4.78 is 11.5. The zero-order chi connectivity index (χ0) is 16.9. The number of piperidine rings is 1. The molecule has 138 valence electrons. The van der Waals surface area contributed by atoms with Crippen LogP contribution in [0.5, 0.6) is 0 Å². The standard InChI is InChI=1S/C20H31N3O2/c1-2-9-23(8-1)20-4-3-17(13-21-20)14-22-10-5-19(6-11-22)25-16-18-7-12-24-15-18/h3-4,13,18-19H,1-2,5-12,14-16H2/t18-/m0/s1. The lowest BCUT2D eigenvalue weighted by atomic mass is 10.1. The summed E-state index contributed by atoms with van der Waals surface area (Å²) in [5, 5.41) is 0. The van der Waals surface area contributed by atoms with E-state index in [-0.39, 0.29) is 0 Å². The molecule has 1 aromatic heterocycles. The Labute approximate surface area is 151 Å². The van der Waals surface area contributed by atoms with Gasteiger partial charge in [0.25, 0.3) is 0 Å². The minimum atomic E-state index is 0.438. The Morgan fingerprint density at radius 1 is 1.08 bits per heavy atom. The maximum atomic E-state index is 6.11. The number of likely N-dealkylation sites (tertiary alicyclic amines) is 1. The lowest BCUT2D eigenvalue weighted by Gasteiger charge is -2.32. The molecule has 0 unspecified atom stereocenters. The Hall–Kier alpha value is -1.17. The molecule has 25 heavy (non-hydrogen) atoms. The molecule has 5 heteroatoms. The van der Waals surface area contributed by atoms with Crippen LogP contribution in [0.15, 0.2) is 18.3 Å². The molecule has 3 aliphatic heterocycles. The van der Waals surface area contributed by atoms with Gasteiger partial charge in [-0.15, -0.1) is 0 Å². The van der Waals surface area contributed by atoms with Gasteiger partial charge in [0.15, 0.2) is 0 Å². The summed E-state index contributed by atoms with van der Waals surface area (Å²) >= 11 is 0. The number of hydrogen-bond acceptors (Lipinski definition) is 5. The highest BCUT2D eigenvalue weighted by Gasteiger charge is 2.23. The van der Waals surface area contributed by atoms with E-state index in [1.54, 1.807) is 0 Å². The molecule has 0 bridgehead atoms. The third kappa shape index (κ3) is 4.72. The first kappa shape index (κ1) is 17.3. The van der Waals surface area contributed by atoms with Gasteiger partial charge in [0, 0.05) is 51.4 Å². The van der Waals surface area contributed by atoms with E-state index in [4.69, 9.17) is 9.47 Å². The van der Waals surface area contributed by atoms with Crippen molar-refractivity contribution < 1.29 is 9.47 Å². The molecule has 3 fully saturated rings. The second-order valence-corrected chi connectivity index (χ2v) is 7.76. The van der Waals surface area contributed by atoms with Gasteiger partial charge in [0.05, 0.1) is 19.3 Å². The highest BCUT2D eigenvalue weighted by molar-refractivity contribution is 5.40. The van der Waals surface area contributed by atoms with Crippen molar-refractivity contribution in [2.24, 2.45) is 5.92 Å². The van der Waals surface area contributed by atoms with Gasteiger partial charge in [0.2, 0.25) is 0 Å². The van der Waals surface area contributed by atoms with Gasteiger partial charge < -0.3 is 14.4 Å². The van der Waals surface area contributed by atoms with Crippen molar-refractivity contribution in [2.75, 3.05) is 50.9 Å². The van der Waals surface area contributed by atoms with Crippen LogP contribution >= 0.6 is 0 Å². The molecule has 0 saturated carbocycles. The molecule has 0 spiro atoms. The molecule has 4 heterocycles. The first-order valence-corrected chi connectivity index (χ1v) is 9.98. The Bertz CT molecular complexity index is 516. The van der Waals surface area contributed by atoms with Crippen molar-refractivity contribution in [1.82, 2.24) is 9.88 Å². The van der Waals surface area contributed by atoms with E-state index >= 15 is 0 Å². The van der Waals surface area contributed by atoms with Crippen LogP contribution in [0.3, 0.4) is 0 Å². The van der Waals surface area contributed by atoms with Crippen LogP contribution in [0.2, 0.25) is 0 Å². The number of nitrogens with zero attached hydrogens (tertiary/aromatic N) is 3. The van der Waals surface area contributed by atoms with Gasteiger partial charge in [-0.1, -0.05) is 6.07 Å². The molecule has 3 saturated heterocycles. The number of rotatable bonds is 6. The fourth-order valence-electron chi connectivity index (χ4n) is 4.12. The fourth-order valence-corrected chi connectivity index (χ4v) is 4.12. The van der Waals surface area contributed by atoms with E-state index in [9.17, 15) is 0 Å². The summed E-state index contributed by atoms with van der Waals surface area (Å²) in [6.07, 6.45) is 8.56.